The molecule has 2 aromatic carbocycles. The summed E-state index contributed by atoms with van der Waals surface area (Å²) < 4.78 is 11.4. The van der Waals surface area contributed by atoms with Gasteiger partial charge in [0.25, 0.3) is 0 Å². The van der Waals surface area contributed by atoms with E-state index < -0.39 is 29.9 Å². The molecule has 3 N–H and O–H groups in total. The van der Waals surface area contributed by atoms with Crippen LogP contribution < -0.4 is 0 Å². The lowest BCUT2D eigenvalue weighted by Crippen LogP contribution is -2.57. The second-order valence-corrected chi connectivity index (χ2v) is 7.12. The van der Waals surface area contributed by atoms with E-state index in [0.29, 0.717) is 6.61 Å². The minimum Gasteiger partial charge on any atom is -0.387 e. The molecule has 6 heteroatoms. The van der Waals surface area contributed by atoms with Gasteiger partial charge in [0, 0.05) is 4.90 Å². The molecule has 1 aliphatic heterocycles. The highest BCUT2D eigenvalue weighted by Gasteiger charge is 2.44. The quantitative estimate of drug-likeness (QED) is 0.727. The lowest BCUT2D eigenvalue weighted by atomic mass is 10.0. The molecule has 1 fully saturated rings. The van der Waals surface area contributed by atoms with Crippen LogP contribution in [0.1, 0.15) is 5.56 Å². The van der Waals surface area contributed by atoms with E-state index in [1.165, 1.54) is 11.8 Å². The fraction of sp³-hybridized carbons (Fsp3) is 0.368. The molecule has 3 rings (SSSR count). The van der Waals surface area contributed by atoms with Crippen molar-refractivity contribution in [1.29, 1.82) is 0 Å². The van der Waals surface area contributed by atoms with Gasteiger partial charge in [-0.25, -0.2) is 0 Å². The van der Waals surface area contributed by atoms with Gasteiger partial charge < -0.3 is 24.8 Å². The van der Waals surface area contributed by atoms with Crippen LogP contribution in [0.4, 0.5) is 0 Å². The molecule has 0 saturated carbocycles. The van der Waals surface area contributed by atoms with Gasteiger partial charge in [0.05, 0.1) is 13.2 Å². The highest BCUT2D eigenvalue weighted by Crippen LogP contribution is 2.33. The number of thioether (sulfide) groups is 1. The standard InChI is InChI=1S/C19H22O5S/c20-16-15(12-23-11-13-7-3-1-4-8-13)24-19(18(22)17(16)21)25-14-9-5-2-6-10-14/h1-10,15-22H,11-12H2. The minimum absolute atomic E-state index is 0.131. The predicted octanol–water partition coefficient (Wildman–Crippen LogP) is 1.80. The van der Waals surface area contributed by atoms with E-state index in [-0.39, 0.29) is 6.61 Å². The Balaban J connectivity index is 1.58. The molecule has 1 saturated heterocycles. The number of aliphatic hydroxyl groups excluding tert-OH is 3. The summed E-state index contributed by atoms with van der Waals surface area (Å²) in [5, 5.41) is 30.5. The molecule has 0 aromatic heterocycles. The molecule has 0 radical (unpaired) electrons. The molecule has 1 heterocycles. The molecule has 5 atom stereocenters. The van der Waals surface area contributed by atoms with Gasteiger partial charge in [-0.3, -0.25) is 0 Å². The summed E-state index contributed by atoms with van der Waals surface area (Å²) in [6.07, 6.45) is -4.35. The largest absolute Gasteiger partial charge is 0.387 e. The van der Waals surface area contributed by atoms with E-state index in [9.17, 15) is 15.3 Å². The average molecular weight is 362 g/mol. The van der Waals surface area contributed by atoms with Crippen molar-refractivity contribution in [3.05, 3.63) is 66.2 Å². The fourth-order valence-corrected chi connectivity index (χ4v) is 3.73. The molecule has 0 aliphatic carbocycles. The number of ether oxygens (including phenoxy) is 2. The summed E-state index contributed by atoms with van der Waals surface area (Å²) in [4.78, 5) is 0.916. The first-order valence-electron chi connectivity index (χ1n) is 8.18. The second-order valence-electron chi connectivity index (χ2n) is 5.95. The average Bonchev–Trinajstić information content (AvgIpc) is 2.65. The fourth-order valence-electron chi connectivity index (χ4n) is 2.65. The zero-order chi connectivity index (χ0) is 17.6. The van der Waals surface area contributed by atoms with E-state index in [2.05, 4.69) is 0 Å². The van der Waals surface area contributed by atoms with Crippen molar-refractivity contribution in [2.45, 2.75) is 41.4 Å². The Hall–Kier alpha value is -1.41. The van der Waals surface area contributed by atoms with Gasteiger partial charge in [0.1, 0.15) is 29.9 Å². The molecule has 2 aromatic rings. The van der Waals surface area contributed by atoms with E-state index in [1.54, 1.807) is 0 Å². The smallest absolute Gasteiger partial charge is 0.136 e. The molecule has 0 amide bonds. The molecule has 0 spiro atoms. The Kier molecular flexibility index (Phi) is 6.47. The van der Waals surface area contributed by atoms with Crippen LogP contribution in [0.15, 0.2) is 65.6 Å². The summed E-state index contributed by atoms with van der Waals surface area (Å²) in [6.45, 7) is 0.522. The van der Waals surface area contributed by atoms with Crippen LogP contribution in [0.5, 0.6) is 0 Å². The minimum atomic E-state index is -1.28. The van der Waals surface area contributed by atoms with Crippen LogP contribution in [0.3, 0.4) is 0 Å². The van der Waals surface area contributed by atoms with Crippen LogP contribution in [0, 0.1) is 0 Å². The third kappa shape index (κ3) is 4.82. The van der Waals surface area contributed by atoms with Crippen LogP contribution in [0.2, 0.25) is 0 Å². The van der Waals surface area contributed by atoms with Gasteiger partial charge in [0.15, 0.2) is 0 Å². The highest BCUT2D eigenvalue weighted by molar-refractivity contribution is 7.99. The lowest BCUT2D eigenvalue weighted by Gasteiger charge is -2.40. The topological polar surface area (TPSA) is 79.2 Å². The summed E-state index contributed by atoms with van der Waals surface area (Å²) >= 11 is 1.31. The SMILES string of the molecule is OC1C(COCc2ccccc2)OC(Sc2ccccc2)C(O)C1O. The maximum atomic E-state index is 10.2. The Bertz CT molecular complexity index is 639. The summed E-state index contributed by atoms with van der Waals surface area (Å²) in [6, 6.07) is 19.2. The summed E-state index contributed by atoms with van der Waals surface area (Å²) in [5.74, 6) is 0. The van der Waals surface area contributed by atoms with Gasteiger partial charge in [-0.2, -0.15) is 0 Å². The number of aliphatic hydroxyl groups is 3. The Labute approximate surface area is 151 Å². The molecular weight excluding hydrogens is 340 g/mol. The van der Waals surface area contributed by atoms with E-state index in [0.717, 1.165) is 10.5 Å². The van der Waals surface area contributed by atoms with E-state index in [4.69, 9.17) is 9.47 Å². The third-order valence-electron chi connectivity index (χ3n) is 4.06. The zero-order valence-corrected chi connectivity index (χ0v) is 14.5. The normalized spacial score (nSPS) is 29.5. The van der Waals surface area contributed by atoms with Crippen molar-refractivity contribution >= 4 is 11.8 Å². The first kappa shape index (κ1) is 18.4. The number of hydrogen-bond donors (Lipinski definition) is 3. The molecule has 0 bridgehead atoms. The molecule has 5 nitrogen and oxygen atoms in total. The predicted molar refractivity (Wildman–Crippen MR) is 95.1 cm³/mol. The van der Waals surface area contributed by atoms with Crippen molar-refractivity contribution in [2.75, 3.05) is 6.61 Å². The van der Waals surface area contributed by atoms with Gasteiger partial charge in [0.2, 0.25) is 0 Å². The van der Waals surface area contributed by atoms with Crippen molar-refractivity contribution in [3.8, 4) is 0 Å². The third-order valence-corrected chi connectivity index (χ3v) is 5.22. The number of benzene rings is 2. The van der Waals surface area contributed by atoms with Gasteiger partial charge in [-0.15, -0.1) is 0 Å². The molecule has 25 heavy (non-hydrogen) atoms. The van der Waals surface area contributed by atoms with E-state index in [1.807, 2.05) is 60.7 Å². The Morgan fingerprint density at radius 3 is 2.16 bits per heavy atom. The van der Waals surface area contributed by atoms with Crippen molar-refractivity contribution in [1.82, 2.24) is 0 Å². The summed E-state index contributed by atoms with van der Waals surface area (Å²) in [5.41, 5.74) is 0.342. The number of hydrogen-bond acceptors (Lipinski definition) is 6. The molecule has 1 aliphatic rings. The van der Waals surface area contributed by atoms with E-state index >= 15 is 0 Å². The maximum absolute atomic E-state index is 10.2. The Morgan fingerprint density at radius 2 is 1.48 bits per heavy atom. The first-order chi connectivity index (χ1) is 12.1. The second kappa shape index (κ2) is 8.80. The maximum Gasteiger partial charge on any atom is 0.136 e. The van der Waals surface area contributed by atoms with Crippen LogP contribution >= 0.6 is 11.8 Å². The Morgan fingerprint density at radius 1 is 0.840 bits per heavy atom. The van der Waals surface area contributed by atoms with Crippen LogP contribution in [0.25, 0.3) is 0 Å². The van der Waals surface area contributed by atoms with Gasteiger partial charge >= 0.3 is 0 Å². The first-order valence-corrected chi connectivity index (χ1v) is 9.06. The number of rotatable bonds is 6. The molecular formula is C19H22O5S. The lowest BCUT2D eigenvalue weighted by molar-refractivity contribution is -0.210. The van der Waals surface area contributed by atoms with Gasteiger partial charge in [-0.05, 0) is 17.7 Å². The van der Waals surface area contributed by atoms with Crippen LogP contribution in [-0.2, 0) is 16.1 Å². The van der Waals surface area contributed by atoms with Crippen molar-refractivity contribution in [2.24, 2.45) is 0 Å². The monoisotopic (exact) mass is 362 g/mol. The molecule has 134 valence electrons. The highest BCUT2D eigenvalue weighted by atomic mass is 32.2. The van der Waals surface area contributed by atoms with Crippen molar-refractivity contribution < 1.29 is 24.8 Å². The summed E-state index contributed by atoms with van der Waals surface area (Å²) in [7, 11) is 0. The van der Waals surface area contributed by atoms with Crippen LogP contribution in [-0.4, -0.2) is 51.8 Å². The zero-order valence-electron chi connectivity index (χ0n) is 13.6. The van der Waals surface area contributed by atoms with Gasteiger partial charge in [-0.1, -0.05) is 60.3 Å². The van der Waals surface area contributed by atoms with Crippen molar-refractivity contribution in [3.63, 3.8) is 0 Å². The molecule has 5 unspecified atom stereocenters.